The summed E-state index contributed by atoms with van der Waals surface area (Å²) >= 11 is 0. The topological polar surface area (TPSA) is 211 Å². The van der Waals surface area contributed by atoms with Gasteiger partial charge in [0.15, 0.2) is 30.0 Å². The molecule has 11 unspecified atom stereocenters. The Balaban J connectivity index is 2.15. The molecule has 2 saturated heterocycles. The van der Waals surface area contributed by atoms with Crippen LogP contribution in [0.3, 0.4) is 0 Å². The summed E-state index contributed by atoms with van der Waals surface area (Å²) in [5, 5.41) is 23.1. The van der Waals surface area contributed by atoms with Crippen LogP contribution < -0.4 is 0 Å². The van der Waals surface area contributed by atoms with Crippen molar-refractivity contribution in [1.82, 2.24) is 0 Å². The van der Waals surface area contributed by atoms with Crippen LogP contribution in [-0.2, 0) is 61.9 Å². The molecule has 3 fully saturated rings. The Labute approximate surface area is 296 Å². The molecule has 15 heteroatoms. The van der Waals surface area contributed by atoms with E-state index in [0.29, 0.717) is 0 Å². The quantitative estimate of drug-likeness (QED) is 0.187. The van der Waals surface area contributed by atoms with Gasteiger partial charge in [0.1, 0.15) is 17.8 Å². The van der Waals surface area contributed by atoms with Crippen LogP contribution in [0.15, 0.2) is 23.8 Å². The number of fused-ring (bicyclic) bond motifs is 3. The fourth-order valence-electron chi connectivity index (χ4n) is 7.80. The molecule has 2 heterocycles. The second-order valence-corrected chi connectivity index (χ2v) is 15.0. The highest BCUT2D eigenvalue weighted by molar-refractivity contribution is 5.78. The molecule has 2 aliphatic heterocycles. The standard InChI is InChI=1S/C36H50O15/c1-17(2)12-26(41)50-28-30(47-21(7)39)34(9)24(46-20(6)38)11-10-23(15-37)14-25-36(44,19(5)33(43)49-25)32(48-22(8)40)29(34)35(16-45-35)31(28)51-27(42)13-18(3)4/h10-11,14,17-19,24-25,28-32,37,44H,12-13,15-16H2,1-9H3. The summed E-state index contributed by atoms with van der Waals surface area (Å²) in [4.78, 5) is 79.1. The molecule has 1 saturated carbocycles. The Morgan fingerprint density at radius 2 is 1.39 bits per heavy atom. The molecule has 0 radical (unpaired) electrons. The number of epoxide rings is 1. The summed E-state index contributed by atoms with van der Waals surface area (Å²) in [6.07, 6.45) is -5.52. The molecule has 51 heavy (non-hydrogen) atoms. The Morgan fingerprint density at radius 1 is 0.863 bits per heavy atom. The van der Waals surface area contributed by atoms with Gasteiger partial charge in [0.2, 0.25) is 0 Å². The lowest BCUT2D eigenvalue weighted by atomic mass is 9.51. The van der Waals surface area contributed by atoms with E-state index in [1.807, 2.05) is 0 Å². The van der Waals surface area contributed by atoms with Gasteiger partial charge in [-0.2, -0.15) is 0 Å². The number of carbonyl (C=O) groups excluding carboxylic acids is 6. The molecular formula is C36H50O15. The first-order valence-corrected chi connectivity index (χ1v) is 17.2. The van der Waals surface area contributed by atoms with Crippen LogP contribution in [-0.4, -0.2) is 107 Å². The van der Waals surface area contributed by atoms with Crippen molar-refractivity contribution in [3.8, 4) is 0 Å². The Bertz CT molecular complexity index is 1460. The maximum Gasteiger partial charge on any atom is 0.312 e. The van der Waals surface area contributed by atoms with Gasteiger partial charge in [-0.3, -0.25) is 28.8 Å². The van der Waals surface area contributed by atoms with Crippen LogP contribution in [0.25, 0.3) is 0 Å². The fourth-order valence-corrected chi connectivity index (χ4v) is 7.80. The third-order valence-corrected chi connectivity index (χ3v) is 10.1. The number of carbonyl (C=O) groups is 6. The predicted octanol–water partition coefficient (Wildman–Crippen LogP) is 1.88. The van der Waals surface area contributed by atoms with Gasteiger partial charge in [0, 0.05) is 39.5 Å². The molecule has 0 aromatic heterocycles. The Morgan fingerprint density at radius 3 is 1.88 bits per heavy atom. The van der Waals surface area contributed by atoms with E-state index in [0.717, 1.165) is 20.8 Å². The number of esters is 6. The fraction of sp³-hybridized carbons (Fsp3) is 0.722. The van der Waals surface area contributed by atoms with E-state index < -0.39 is 107 Å². The molecule has 1 spiro atoms. The van der Waals surface area contributed by atoms with E-state index in [2.05, 4.69) is 0 Å². The third kappa shape index (κ3) is 7.70. The highest BCUT2D eigenvalue weighted by Crippen LogP contribution is 2.63. The van der Waals surface area contributed by atoms with Crippen LogP contribution in [0, 0.1) is 29.1 Å². The summed E-state index contributed by atoms with van der Waals surface area (Å²) in [6, 6.07) is 0. The molecule has 4 rings (SSSR count). The second kappa shape index (κ2) is 15.0. The highest BCUT2D eigenvalue weighted by atomic mass is 16.7. The minimum Gasteiger partial charge on any atom is -0.459 e. The molecule has 0 aromatic rings. The van der Waals surface area contributed by atoms with Gasteiger partial charge >= 0.3 is 35.8 Å². The Kier molecular flexibility index (Phi) is 11.8. The molecule has 2 aliphatic carbocycles. The summed E-state index contributed by atoms with van der Waals surface area (Å²) in [5.41, 5.74) is -5.88. The second-order valence-electron chi connectivity index (χ2n) is 15.0. The number of aliphatic hydroxyl groups is 2. The molecule has 4 aliphatic rings. The van der Waals surface area contributed by atoms with Gasteiger partial charge in [-0.05, 0) is 36.5 Å². The number of aliphatic hydroxyl groups excluding tert-OH is 1. The van der Waals surface area contributed by atoms with Crippen LogP contribution in [0.2, 0.25) is 0 Å². The zero-order chi connectivity index (χ0) is 38.2. The largest absolute Gasteiger partial charge is 0.459 e. The number of hydrogen-bond acceptors (Lipinski definition) is 15. The van der Waals surface area contributed by atoms with E-state index in [4.69, 9.17) is 33.2 Å². The van der Waals surface area contributed by atoms with Crippen molar-refractivity contribution < 1.29 is 72.1 Å². The predicted molar refractivity (Wildman–Crippen MR) is 174 cm³/mol. The maximum absolute atomic E-state index is 13.5. The van der Waals surface area contributed by atoms with E-state index in [-0.39, 0.29) is 36.9 Å². The molecular weight excluding hydrogens is 672 g/mol. The van der Waals surface area contributed by atoms with Gasteiger partial charge < -0.3 is 43.4 Å². The first kappa shape index (κ1) is 40.0. The lowest BCUT2D eigenvalue weighted by Crippen LogP contribution is -2.76. The molecule has 0 bridgehead atoms. The number of rotatable bonds is 10. The first-order valence-electron chi connectivity index (χ1n) is 17.2. The first-order chi connectivity index (χ1) is 23.7. The van der Waals surface area contributed by atoms with Gasteiger partial charge in [0.05, 0.1) is 24.5 Å². The van der Waals surface area contributed by atoms with Crippen LogP contribution in [0.5, 0.6) is 0 Å². The van der Waals surface area contributed by atoms with Gasteiger partial charge in [-0.1, -0.05) is 40.7 Å². The average molecular weight is 723 g/mol. The summed E-state index contributed by atoms with van der Waals surface area (Å²) in [6.45, 7) is 12.5. The van der Waals surface area contributed by atoms with Crippen molar-refractivity contribution in [2.45, 2.75) is 123 Å². The van der Waals surface area contributed by atoms with Crippen LogP contribution in [0.4, 0.5) is 0 Å². The molecule has 2 N–H and O–H groups in total. The lowest BCUT2D eigenvalue weighted by Gasteiger charge is -2.59. The van der Waals surface area contributed by atoms with E-state index in [9.17, 15) is 39.0 Å². The third-order valence-electron chi connectivity index (χ3n) is 10.1. The van der Waals surface area contributed by atoms with E-state index >= 15 is 0 Å². The van der Waals surface area contributed by atoms with E-state index in [1.54, 1.807) is 27.7 Å². The highest BCUT2D eigenvalue weighted by Gasteiger charge is 2.81. The SMILES string of the molecule is CC(=O)OC1C=CC(CO)=CC2OC(=O)C(C)C2(O)C(OC(C)=O)C2C3(CO3)C(OC(=O)CC(C)C)C(OC(=O)CC(C)C)C(OC(C)=O)C12C. The van der Waals surface area contributed by atoms with Gasteiger partial charge in [-0.25, -0.2) is 0 Å². The molecule has 0 aromatic carbocycles. The minimum absolute atomic E-state index is 0.0638. The van der Waals surface area contributed by atoms with Crippen molar-refractivity contribution in [2.75, 3.05) is 13.2 Å². The van der Waals surface area contributed by atoms with E-state index in [1.165, 1.54) is 32.1 Å². The van der Waals surface area contributed by atoms with Crippen molar-refractivity contribution in [2.24, 2.45) is 29.1 Å². The molecule has 11 atom stereocenters. The Hall–Kier alpha value is -3.82. The average Bonchev–Trinajstić information content (AvgIpc) is 3.75. The molecule has 284 valence electrons. The summed E-state index contributed by atoms with van der Waals surface area (Å²) in [7, 11) is 0. The minimum atomic E-state index is -2.39. The van der Waals surface area contributed by atoms with Crippen LogP contribution in [0.1, 0.15) is 75.2 Å². The number of hydrogen-bond donors (Lipinski definition) is 2. The lowest BCUT2D eigenvalue weighted by molar-refractivity contribution is -0.280. The zero-order valence-corrected chi connectivity index (χ0v) is 30.5. The summed E-state index contributed by atoms with van der Waals surface area (Å²) < 4.78 is 41.9. The van der Waals surface area contributed by atoms with Crippen molar-refractivity contribution in [3.05, 3.63) is 23.8 Å². The van der Waals surface area contributed by atoms with Gasteiger partial charge in [-0.15, -0.1) is 0 Å². The smallest absolute Gasteiger partial charge is 0.312 e. The number of ether oxygens (including phenoxy) is 7. The van der Waals surface area contributed by atoms with Crippen molar-refractivity contribution in [1.29, 1.82) is 0 Å². The van der Waals surface area contributed by atoms with Gasteiger partial charge in [0.25, 0.3) is 0 Å². The van der Waals surface area contributed by atoms with Crippen LogP contribution >= 0.6 is 0 Å². The maximum atomic E-state index is 13.5. The normalized spacial score (nSPS) is 37.0. The van der Waals surface area contributed by atoms with Crippen molar-refractivity contribution in [3.63, 3.8) is 0 Å². The zero-order valence-electron chi connectivity index (χ0n) is 30.5. The van der Waals surface area contributed by atoms with Crippen molar-refractivity contribution >= 4 is 35.8 Å². The molecule has 0 amide bonds. The monoisotopic (exact) mass is 722 g/mol. The summed E-state index contributed by atoms with van der Waals surface area (Å²) in [5.74, 6) is -7.97. The molecule has 15 nitrogen and oxygen atoms in total.